The van der Waals surface area contributed by atoms with Crippen molar-refractivity contribution in [3.8, 4) is 11.1 Å². The Kier molecular flexibility index (Phi) is 4.03. The van der Waals surface area contributed by atoms with Crippen LogP contribution in [-0.2, 0) is 0 Å². The van der Waals surface area contributed by atoms with Gasteiger partial charge in [0.1, 0.15) is 0 Å². The molecule has 0 bridgehead atoms. The van der Waals surface area contributed by atoms with Crippen LogP contribution in [-0.4, -0.2) is 24.0 Å². The van der Waals surface area contributed by atoms with E-state index in [0.29, 0.717) is 17.7 Å². The first kappa shape index (κ1) is 14.9. The number of amides is 1. The van der Waals surface area contributed by atoms with Gasteiger partial charge in [-0.05, 0) is 48.4 Å². The third-order valence-corrected chi connectivity index (χ3v) is 4.17. The minimum atomic E-state index is -0.149. The highest BCUT2D eigenvalue weighted by molar-refractivity contribution is 7.80. The SMILES string of the molecule is Cc1ccc2c(c1)C(=O)c1cc(C(=O)NCCCS)ccc1-2. The van der Waals surface area contributed by atoms with E-state index in [4.69, 9.17) is 0 Å². The minimum absolute atomic E-state index is 0.00120. The molecule has 2 aromatic rings. The van der Waals surface area contributed by atoms with Crippen LogP contribution in [0.5, 0.6) is 0 Å². The highest BCUT2D eigenvalue weighted by atomic mass is 32.1. The van der Waals surface area contributed by atoms with Gasteiger partial charge in [-0.2, -0.15) is 12.6 Å². The van der Waals surface area contributed by atoms with Gasteiger partial charge < -0.3 is 5.32 Å². The Morgan fingerprint density at radius 2 is 1.73 bits per heavy atom. The molecule has 2 aromatic carbocycles. The number of benzene rings is 2. The smallest absolute Gasteiger partial charge is 0.251 e. The lowest BCUT2D eigenvalue weighted by atomic mass is 10.0. The first-order chi connectivity index (χ1) is 10.6. The van der Waals surface area contributed by atoms with Crippen LogP contribution in [0.1, 0.15) is 38.3 Å². The van der Waals surface area contributed by atoms with Crippen molar-refractivity contribution in [2.45, 2.75) is 13.3 Å². The van der Waals surface area contributed by atoms with E-state index in [2.05, 4.69) is 17.9 Å². The predicted molar refractivity (Wildman–Crippen MR) is 90.9 cm³/mol. The molecule has 1 aliphatic carbocycles. The molecule has 22 heavy (non-hydrogen) atoms. The summed E-state index contributed by atoms with van der Waals surface area (Å²) in [5, 5.41) is 2.84. The Labute approximate surface area is 135 Å². The third-order valence-electron chi connectivity index (χ3n) is 3.86. The fourth-order valence-corrected chi connectivity index (χ4v) is 2.88. The molecule has 0 fully saturated rings. The number of fused-ring (bicyclic) bond motifs is 3. The number of aryl methyl sites for hydroxylation is 1. The van der Waals surface area contributed by atoms with Crippen molar-refractivity contribution in [1.29, 1.82) is 0 Å². The van der Waals surface area contributed by atoms with Gasteiger partial charge >= 0.3 is 0 Å². The minimum Gasteiger partial charge on any atom is -0.352 e. The van der Waals surface area contributed by atoms with Gasteiger partial charge in [-0.1, -0.05) is 23.8 Å². The zero-order chi connectivity index (χ0) is 15.7. The molecule has 0 radical (unpaired) electrons. The van der Waals surface area contributed by atoms with Gasteiger partial charge in [0.05, 0.1) is 0 Å². The number of carbonyl (C=O) groups is 2. The van der Waals surface area contributed by atoms with Crippen molar-refractivity contribution in [3.05, 3.63) is 58.7 Å². The Morgan fingerprint density at radius 3 is 2.45 bits per heavy atom. The van der Waals surface area contributed by atoms with Crippen LogP contribution >= 0.6 is 12.6 Å². The molecule has 0 spiro atoms. The molecule has 0 saturated carbocycles. The quantitative estimate of drug-likeness (QED) is 0.574. The maximum Gasteiger partial charge on any atom is 0.251 e. The van der Waals surface area contributed by atoms with Crippen LogP contribution in [0.2, 0.25) is 0 Å². The van der Waals surface area contributed by atoms with Crippen LogP contribution in [0.25, 0.3) is 11.1 Å². The third kappa shape index (κ3) is 2.55. The van der Waals surface area contributed by atoms with E-state index in [1.807, 2.05) is 31.2 Å². The molecular formula is C18H17NO2S. The highest BCUT2D eigenvalue weighted by Crippen LogP contribution is 2.37. The van der Waals surface area contributed by atoms with Crippen molar-refractivity contribution in [1.82, 2.24) is 5.32 Å². The van der Waals surface area contributed by atoms with E-state index in [9.17, 15) is 9.59 Å². The van der Waals surface area contributed by atoms with E-state index < -0.39 is 0 Å². The van der Waals surface area contributed by atoms with Crippen LogP contribution in [0.15, 0.2) is 36.4 Å². The molecule has 112 valence electrons. The number of ketones is 1. The molecule has 1 amide bonds. The molecule has 3 rings (SSSR count). The summed E-state index contributed by atoms with van der Waals surface area (Å²) < 4.78 is 0. The summed E-state index contributed by atoms with van der Waals surface area (Å²) in [6.45, 7) is 2.56. The first-order valence-corrected chi connectivity index (χ1v) is 7.94. The molecule has 0 unspecified atom stereocenters. The molecule has 0 aromatic heterocycles. The summed E-state index contributed by atoms with van der Waals surface area (Å²) in [5.41, 5.74) is 4.78. The lowest BCUT2D eigenvalue weighted by Gasteiger charge is -2.06. The van der Waals surface area contributed by atoms with Gasteiger partial charge in [0, 0.05) is 23.2 Å². The monoisotopic (exact) mass is 311 g/mol. The van der Waals surface area contributed by atoms with Gasteiger partial charge in [0.15, 0.2) is 5.78 Å². The van der Waals surface area contributed by atoms with Crippen molar-refractivity contribution in [2.75, 3.05) is 12.3 Å². The largest absolute Gasteiger partial charge is 0.352 e. The summed E-state index contributed by atoms with van der Waals surface area (Å²) in [6, 6.07) is 11.2. The molecule has 0 aliphatic heterocycles. The zero-order valence-corrected chi connectivity index (χ0v) is 13.2. The standard InChI is InChI=1S/C18H17NO2S/c1-11-3-5-13-14-6-4-12(18(21)19-7-2-8-22)10-16(14)17(20)15(13)9-11/h3-6,9-10,22H,2,7-8H2,1H3,(H,19,21). The zero-order valence-electron chi connectivity index (χ0n) is 12.3. The van der Waals surface area contributed by atoms with Crippen molar-refractivity contribution < 1.29 is 9.59 Å². The second-order valence-electron chi connectivity index (χ2n) is 5.47. The van der Waals surface area contributed by atoms with Gasteiger partial charge in [-0.15, -0.1) is 0 Å². The average Bonchev–Trinajstić information content (AvgIpc) is 2.80. The number of hydrogen-bond acceptors (Lipinski definition) is 3. The predicted octanol–water partition coefficient (Wildman–Crippen LogP) is 3.26. The van der Waals surface area contributed by atoms with Crippen LogP contribution in [0.4, 0.5) is 0 Å². The summed E-state index contributed by atoms with van der Waals surface area (Å²) in [7, 11) is 0. The normalized spacial score (nSPS) is 12.0. The number of carbonyl (C=O) groups excluding carboxylic acids is 2. The van der Waals surface area contributed by atoms with Crippen molar-refractivity contribution in [3.63, 3.8) is 0 Å². The van der Waals surface area contributed by atoms with Crippen molar-refractivity contribution >= 4 is 24.3 Å². The number of nitrogens with one attached hydrogen (secondary N) is 1. The lowest BCUT2D eigenvalue weighted by molar-refractivity contribution is 0.0954. The Bertz CT molecular complexity index is 768. The molecule has 1 aliphatic rings. The summed E-state index contributed by atoms with van der Waals surface area (Å²) in [5.74, 6) is 0.584. The Morgan fingerprint density at radius 1 is 1.05 bits per heavy atom. The Balaban J connectivity index is 1.92. The van der Waals surface area contributed by atoms with Crippen molar-refractivity contribution in [2.24, 2.45) is 0 Å². The molecule has 1 N–H and O–H groups in total. The fourth-order valence-electron chi connectivity index (χ4n) is 2.72. The van der Waals surface area contributed by atoms with Crippen LogP contribution in [0, 0.1) is 6.92 Å². The van der Waals surface area contributed by atoms with E-state index in [-0.39, 0.29) is 11.7 Å². The van der Waals surface area contributed by atoms with E-state index in [1.165, 1.54) is 0 Å². The summed E-state index contributed by atoms with van der Waals surface area (Å²) in [4.78, 5) is 24.6. The molecule has 0 atom stereocenters. The summed E-state index contributed by atoms with van der Waals surface area (Å²) in [6.07, 6.45) is 0.823. The number of thiol groups is 1. The Hall–Kier alpha value is -2.07. The maximum absolute atomic E-state index is 12.5. The number of rotatable bonds is 4. The van der Waals surface area contributed by atoms with E-state index >= 15 is 0 Å². The average molecular weight is 311 g/mol. The van der Waals surface area contributed by atoms with E-state index in [1.54, 1.807) is 12.1 Å². The highest BCUT2D eigenvalue weighted by Gasteiger charge is 2.27. The molecule has 0 heterocycles. The molecular weight excluding hydrogens is 294 g/mol. The van der Waals surface area contributed by atoms with Gasteiger partial charge in [-0.25, -0.2) is 0 Å². The van der Waals surface area contributed by atoms with Crippen LogP contribution < -0.4 is 5.32 Å². The topological polar surface area (TPSA) is 46.2 Å². The number of hydrogen-bond donors (Lipinski definition) is 2. The van der Waals surface area contributed by atoms with Gasteiger partial charge in [0.2, 0.25) is 0 Å². The molecule has 0 saturated heterocycles. The van der Waals surface area contributed by atoms with Crippen LogP contribution in [0.3, 0.4) is 0 Å². The summed E-state index contributed by atoms with van der Waals surface area (Å²) >= 11 is 4.12. The van der Waals surface area contributed by atoms with Gasteiger partial charge in [-0.3, -0.25) is 9.59 Å². The van der Waals surface area contributed by atoms with Gasteiger partial charge in [0.25, 0.3) is 5.91 Å². The molecule has 3 nitrogen and oxygen atoms in total. The first-order valence-electron chi connectivity index (χ1n) is 7.30. The molecule has 4 heteroatoms. The maximum atomic E-state index is 12.5. The van der Waals surface area contributed by atoms with E-state index in [0.717, 1.165) is 34.4 Å². The fraction of sp³-hybridized carbons (Fsp3) is 0.222. The lowest BCUT2D eigenvalue weighted by Crippen LogP contribution is -2.24. The second kappa shape index (κ2) is 5.97. The second-order valence-corrected chi connectivity index (χ2v) is 5.92.